The summed E-state index contributed by atoms with van der Waals surface area (Å²) in [7, 11) is 0. The van der Waals surface area contributed by atoms with E-state index in [1.807, 2.05) is 0 Å². The summed E-state index contributed by atoms with van der Waals surface area (Å²) in [5, 5.41) is 24.5. The Morgan fingerprint density at radius 2 is 1.52 bits per heavy atom. The fourth-order valence-electron chi connectivity index (χ4n) is 2.40. The van der Waals surface area contributed by atoms with Crippen LogP contribution in [0.25, 0.3) is 0 Å². The van der Waals surface area contributed by atoms with Gasteiger partial charge in [-0.1, -0.05) is 0 Å². The molecule has 3 unspecified atom stereocenters. The highest BCUT2D eigenvalue weighted by atomic mass is 16.4. The number of amides is 4. The summed E-state index contributed by atoms with van der Waals surface area (Å²) in [5.41, 5.74) is 15.8. The van der Waals surface area contributed by atoms with Crippen molar-refractivity contribution >= 4 is 35.6 Å². The quantitative estimate of drug-likeness (QED) is 0.108. The summed E-state index contributed by atoms with van der Waals surface area (Å²) in [4.78, 5) is 69.0. The molecule has 0 saturated heterocycles. The van der Waals surface area contributed by atoms with E-state index in [0.29, 0.717) is 19.4 Å². The molecule has 14 nitrogen and oxygen atoms in total. The second-order valence-corrected chi connectivity index (χ2v) is 6.73. The predicted octanol–water partition coefficient (Wildman–Crippen LogP) is -3.65. The average Bonchev–Trinajstić information content (AvgIpc) is 2.67. The summed E-state index contributed by atoms with van der Waals surface area (Å²) < 4.78 is 0. The van der Waals surface area contributed by atoms with Gasteiger partial charge in [0.05, 0.1) is 19.0 Å². The number of carboxylic acids is 2. The first-order valence-electron chi connectivity index (χ1n) is 9.53. The second kappa shape index (κ2) is 14.7. The van der Waals surface area contributed by atoms with Gasteiger partial charge in [-0.2, -0.15) is 0 Å². The molecule has 0 spiro atoms. The molecule has 0 aliphatic heterocycles. The third-order valence-corrected chi connectivity index (χ3v) is 4.05. The molecule has 0 aromatic rings. The van der Waals surface area contributed by atoms with E-state index in [1.165, 1.54) is 0 Å². The van der Waals surface area contributed by atoms with Crippen LogP contribution in [0.15, 0.2) is 0 Å². The van der Waals surface area contributed by atoms with Crippen molar-refractivity contribution in [3.8, 4) is 0 Å². The third kappa shape index (κ3) is 12.8. The number of unbranched alkanes of at least 4 members (excludes halogenated alkanes) is 1. The van der Waals surface area contributed by atoms with Gasteiger partial charge in [0.15, 0.2) is 0 Å². The standard InChI is InChI=1S/C17H30N6O8/c18-6-2-1-3-10(23-15(28)9(19)7-14(26)27)16(29)21-8-13(25)22-11(17(30)31)4-5-12(20)24/h9-11H,1-8,18-19H2,(H2,20,24)(H,21,29)(H,22,25)(H,23,28)(H,26,27)(H,30,31). The van der Waals surface area contributed by atoms with Gasteiger partial charge in [0.1, 0.15) is 12.1 Å². The van der Waals surface area contributed by atoms with Crippen molar-refractivity contribution < 1.29 is 39.0 Å². The maximum atomic E-state index is 12.4. The van der Waals surface area contributed by atoms with Crippen molar-refractivity contribution in [2.75, 3.05) is 13.1 Å². The second-order valence-electron chi connectivity index (χ2n) is 6.73. The lowest BCUT2D eigenvalue weighted by atomic mass is 10.1. The number of carboxylic acid groups (broad SMARTS) is 2. The number of primary amides is 1. The molecule has 0 saturated carbocycles. The number of carbonyl (C=O) groups is 6. The van der Waals surface area contributed by atoms with Crippen LogP contribution in [0, 0.1) is 0 Å². The molecular weight excluding hydrogens is 416 g/mol. The van der Waals surface area contributed by atoms with Crippen molar-refractivity contribution in [2.24, 2.45) is 17.2 Å². The van der Waals surface area contributed by atoms with E-state index in [4.69, 9.17) is 27.4 Å². The van der Waals surface area contributed by atoms with Gasteiger partial charge in [0.25, 0.3) is 0 Å². The zero-order chi connectivity index (χ0) is 24.0. The highest BCUT2D eigenvalue weighted by Gasteiger charge is 2.26. The van der Waals surface area contributed by atoms with Crippen molar-refractivity contribution in [1.29, 1.82) is 0 Å². The van der Waals surface area contributed by atoms with Crippen LogP contribution < -0.4 is 33.2 Å². The minimum absolute atomic E-state index is 0.159. The van der Waals surface area contributed by atoms with Crippen LogP contribution in [-0.2, 0) is 28.8 Å². The molecule has 0 rings (SSSR count). The summed E-state index contributed by atoms with van der Waals surface area (Å²) in [6, 6.07) is -3.84. The molecule has 176 valence electrons. The molecular formula is C17H30N6O8. The van der Waals surface area contributed by atoms with Crippen LogP contribution >= 0.6 is 0 Å². The maximum absolute atomic E-state index is 12.4. The van der Waals surface area contributed by atoms with E-state index in [-0.39, 0.29) is 19.3 Å². The Morgan fingerprint density at radius 1 is 0.871 bits per heavy atom. The normalized spacial score (nSPS) is 13.4. The van der Waals surface area contributed by atoms with E-state index >= 15 is 0 Å². The summed E-state index contributed by atoms with van der Waals surface area (Å²) >= 11 is 0. The zero-order valence-corrected chi connectivity index (χ0v) is 17.0. The van der Waals surface area contributed by atoms with Gasteiger partial charge in [-0.05, 0) is 32.2 Å². The summed E-state index contributed by atoms with van der Waals surface area (Å²) in [6.07, 6.45) is 0.0732. The van der Waals surface area contributed by atoms with Crippen LogP contribution in [0.5, 0.6) is 0 Å². The number of aliphatic carboxylic acids is 2. The Bertz CT molecular complexity index is 671. The molecule has 0 aromatic heterocycles. The SMILES string of the molecule is NCCCCC(NC(=O)C(N)CC(=O)O)C(=O)NCC(=O)NC(CCC(N)=O)C(=O)O. The first-order chi connectivity index (χ1) is 14.5. The van der Waals surface area contributed by atoms with Gasteiger partial charge in [-0.3, -0.25) is 24.0 Å². The van der Waals surface area contributed by atoms with Gasteiger partial charge in [-0.25, -0.2) is 4.79 Å². The molecule has 3 atom stereocenters. The Balaban J connectivity index is 4.86. The Labute approximate surface area is 178 Å². The lowest BCUT2D eigenvalue weighted by Crippen LogP contribution is -2.53. The zero-order valence-electron chi connectivity index (χ0n) is 17.0. The topological polar surface area (TPSA) is 257 Å². The number of rotatable bonds is 16. The van der Waals surface area contributed by atoms with Gasteiger partial charge in [0, 0.05) is 6.42 Å². The monoisotopic (exact) mass is 446 g/mol. The van der Waals surface area contributed by atoms with E-state index in [0.717, 1.165) is 0 Å². The van der Waals surface area contributed by atoms with Crippen molar-refractivity contribution in [3.05, 3.63) is 0 Å². The number of hydrogen-bond acceptors (Lipinski definition) is 8. The summed E-state index contributed by atoms with van der Waals surface area (Å²) in [5.74, 6) is -5.82. The number of nitrogens with two attached hydrogens (primary N) is 3. The average molecular weight is 446 g/mol. The van der Waals surface area contributed by atoms with E-state index < -0.39 is 66.7 Å². The van der Waals surface area contributed by atoms with E-state index in [1.54, 1.807) is 0 Å². The van der Waals surface area contributed by atoms with Crippen LogP contribution in [0.3, 0.4) is 0 Å². The smallest absolute Gasteiger partial charge is 0.326 e. The highest BCUT2D eigenvalue weighted by molar-refractivity contribution is 5.93. The highest BCUT2D eigenvalue weighted by Crippen LogP contribution is 2.02. The molecule has 0 aliphatic carbocycles. The lowest BCUT2D eigenvalue weighted by molar-refractivity contribution is -0.142. The number of hydrogen-bond donors (Lipinski definition) is 8. The first-order valence-corrected chi connectivity index (χ1v) is 9.53. The lowest BCUT2D eigenvalue weighted by Gasteiger charge is -2.20. The Morgan fingerprint density at radius 3 is 2.03 bits per heavy atom. The molecule has 0 heterocycles. The van der Waals surface area contributed by atoms with Crippen molar-refractivity contribution in [1.82, 2.24) is 16.0 Å². The van der Waals surface area contributed by atoms with Gasteiger partial charge >= 0.3 is 11.9 Å². The molecule has 0 aromatic carbocycles. The molecule has 14 heteroatoms. The molecule has 0 fully saturated rings. The van der Waals surface area contributed by atoms with Crippen LogP contribution in [0.1, 0.15) is 38.5 Å². The van der Waals surface area contributed by atoms with E-state index in [2.05, 4.69) is 16.0 Å². The Kier molecular flexibility index (Phi) is 13.1. The number of carbonyl (C=O) groups excluding carboxylic acids is 4. The molecule has 4 amide bonds. The van der Waals surface area contributed by atoms with Crippen LogP contribution in [0.2, 0.25) is 0 Å². The van der Waals surface area contributed by atoms with Crippen molar-refractivity contribution in [3.63, 3.8) is 0 Å². The van der Waals surface area contributed by atoms with Crippen LogP contribution in [-0.4, -0.2) is 77.0 Å². The van der Waals surface area contributed by atoms with Crippen LogP contribution in [0.4, 0.5) is 0 Å². The maximum Gasteiger partial charge on any atom is 0.326 e. The third-order valence-electron chi connectivity index (χ3n) is 4.05. The molecule has 31 heavy (non-hydrogen) atoms. The first kappa shape index (κ1) is 27.7. The van der Waals surface area contributed by atoms with Gasteiger partial charge in [0.2, 0.25) is 23.6 Å². The minimum Gasteiger partial charge on any atom is -0.481 e. The van der Waals surface area contributed by atoms with Gasteiger partial charge in [-0.15, -0.1) is 0 Å². The summed E-state index contributed by atoms with van der Waals surface area (Å²) in [6.45, 7) is -0.241. The van der Waals surface area contributed by atoms with Gasteiger partial charge < -0.3 is 43.4 Å². The largest absolute Gasteiger partial charge is 0.481 e. The molecule has 0 aliphatic rings. The number of nitrogens with one attached hydrogen (secondary N) is 3. The Hall–Kier alpha value is -3.26. The van der Waals surface area contributed by atoms with E-state index in [9.17, 15) is 28.8 Å². The fourth-order valence-corrected chi connectivity index (χ4v) is 2.40. The fraction of sp³-hybridized carbons (Fsp3) is 0.647. The predicted molar refractivity (Wildman–Crippen MR) is 106 cm³/mol. The van der Waals surface area contributed by atoms with Crippen molar-refractivity contribution in [2.45, 2.75) is 56.7 Å². The molecule has 0 bridgehead atoms. The molecule has 0 radical (unpaired) electrons. The molecule has 11 N–H and O–H groups in total. The minimum atomic E-state index is -1.37.